The van der Waals surface area contributed by atoms with Crippen LogP contribution in [0.5, 0.6) is 0 Å². The second-order valence-corrected chi connectivity index (χ2v) is 6.85. The van der Waals surface area contributed by atoms with Crippen LogP contribution in [0.25, 0.3) is 11.3 Å². The van der Waals surface area contributed by atoms with Crippen molar-refractivity contribution in [1.82, 2.24) is 4.98 Å². The molecule has 0 unspecified atom stereocenters. The molecule has 6 nitrogen and oxygen atoms in total. The normalized spacial score (nSPS) is 11.2. The van der Waals surface area contributed by atoms with Crippen molar-refractivity contribution in [3.63, 3.8) is 0 Å². The molecule has 0 fully saturated rings. The van der Waals surface area contributed by atoms with Crippen LogP contribution in [0.15, 0.2) is 59.5 Å². The molecule has 2 N–H and O–H groups in total. The van der Waals surface area contributed by atoms with Gasteiger partial charge in [0, 0.05) is 23.1 Å². The van der Waals surface area contributed by atoms with Crippen LogP contribution in [0, 0.1) is 0 Å². The Morgan fingerprint density at radius 2 is 1.81 bits per heavy atom. The molecular formula is C20H20N2O4. The number of furan rings is 1. The summed E-state index contributed by atoms with van der Waals surface area (Å²) < 4.78 is 10.2. The highest BCUT2D eigenvalue weighted by atomic mass is 16.6. The van der Waals surface area contributed by atoms with E-state index in [-0.39, 0.29) is 5.78 Å². The zero-order chi connectivity index (χ0) is 18.7. The van der Waals surface area contributed by atoms with Crippen LogP contribution in [0.2, 0.25) is 0 Å². The maximum Gasteiger partial charge on any atom is 0.412 e. The van der Waals surface area contributed by atoms with E-state index < -0.39 is 11.7 Å². The Morgan fingerprint density at radius 3 is 2.42 bits per heavy atom. The van der Waals surface area contributed by atoms with Crippen LogP contribution in [-0.2, 0) is 4.74 Å². The van der Waals surface area contributed by atoms with E-state index in [1.165, 1.54) is 12.5 Å². The van der Waals surface area contributed by atoms with Crippen molar-refractivity contribution in [2.75, 3.05) is 5.32 Å². The number of rotatable bonds is 4. The molecule has 26 heavy (non-hydrogen) atoms. The van der Waals surface area contributed by atoms with E-state index in [4.69, 9.17) is 9.15 Å². The minimum Gasteiger partial charge on any atom is -0.472 e. The van der Waals surface area contributed by atoms with Crippen LogP contribution in [0.3, 0.4) is 0 Å². The molecular weight excluding hydrogens is 332 g/mol. The van der Waals surface area contributed by atoms with Crippen LogP contribution >= 0.6 is 0 Å². The summed E-state index contributed by atoms with van der Waals surface area (Å²) in [5.74, 6) is -0.107. The first-order chi connectivity index (χ1) is 12.3. The highest BCUT2D eigenvalue weighted by molar-refractivity contribution is 6.09. The number of nitrogens with one attached hydrogen (secondary N) is 2. The molecule has 1 amide bonds. The second-order valence-electron chi connectivity index (χ2n) is 6.85. The summed E-state index contributed by atoms with van der Waals surface area (Å²) in [6, 6.07) is 10.7. The van der Waals surface area contributed by atoms with E-state index in [1.807, 2.05) is 32.9 Å². The number of hydrogen-bond acceptors (Lipinski definition) is 4. The molecule has 2 heterocycles. The number of anilines is 1. The Kier molecular flexibility index (Phi) is 4.67. The van der Waals surface area contributed by atoms with Gasteiger partial charge in [-0.15, -0.1) is 0 Å². The first-order valence-corrected chi connectivity index (χ1v) is 8.17. The van der Waals surface area contributed by atoms with E-state index in [0.29, 0.717) is 16.8 Å². The first kappa shape index (κ1) is 17.5. The van der Waals surface area contributed by atoms with Crippen molar-refractivity contribution in [1.29, 1.82) is 0 Å². The fourth-order valence-electron chi connectivity index (χ4n) is 2.41. The molecule has 134 valence electrons. The Labute approximate surface area is 151 Å². The highest BCUT2D eigenvalue weighted by Crippen LogP contribution is 2.23. The van der Waals surface area contributed by atoms with Gasteiger partial charge in [0.05, 0.1) is 11.8 Å². The maximum atomic E-state index is 12.3. The first-order valence-electron chi connectivity index (χ1n) is 8.17. The zero-order valence-electron chi connectivity index (χ0n) is 14.8. The predicted molar refractivity (Wildman–Crippen MR) is 98.2 cm³/mol. The van der Waals surface area contributed by atoms with Gasteiger partial charge in [-0.2, -0.15) is 0 Å². The molecule has 6 heteroatoms. The minimum atomic E-state index is -0.549. The highest BCUT2D eigenvalue weighted by Gasteiger charge is 2.16. The molecule has 0 radical (unpaired) electrons. The largest absolute Gasteiger partial charge is 0.472 e. The Bertz CT molecular complexity index is 900. The van der Waals surface area contributed by atoms with Gasteiger partial charge in [0.25, 0.3) is 0 Å². The molecule has 0 saturated carbocycles. The number of H-pyrrole nitrogens is 1. The average Bonchev–Trinajstić information content (AvgIpc) is 3.25. The van der Waals surface area contributed by atoms with Gasteiger partial charge in [-0.3, -0.25) is 10.1 Å². The van der Waals surface area contributed by atoms with Gasteiger partial charge in [-0.05, 0) is 50.6 Å². The molecule has 0 saturated heterocycles. The van der Waals surface area contributed by atoms with E-state index in [1.54, 1.807) is 30.5 Å². The summed E-state index contributed by atoms with van der Waals surface area (Å²) in [4.78, 5) is 27.2. The van der Waals surface area contributed by atoms with Crippen LogP contribution in [0.1, 0.15) is 36.7 Å². The number of carbonyl (C=O) groups is 2. The summed E-state index contributed by atoms with van der Waals surface area (Å²) in [7, 11) is 0. The number of carbonyl (C=O) groups excluding carboxylic acids is 2. The van der Waals surface area contributed by atoms with E-state index in [0.717, 1.165) is 11.3 Å². The van der Waals surface area contributed by atoms with Crippen molar-refractivity contribution in [3.05, 3.63) is 66.2 Å². The minimum absolute atomic E-state index is 0.107. The lowest BCUT2D eigenvalue weighted by Crippen LogP contribution is -2.27. The lowest BCUT2D eigenvalue weighted by atomic mass is 10.1. The second kappa shape index (κ2) is 6.92. The number of hydrogen-bond donors (Lipinski definition) is 2. The molecule has 1 aromatic carbocycles. The molecule has 0 aliphatic heterocycles. The molecule has 0 bridgehead atoms. The third-order valence-corrected chi connectivity index (χ3v) is 3.57. The fraction of sp³-hybridized carbons (Fsp3) is 0.200. The van der Waals surface area contributed by atoms with Crippen LogP contribution in [-0.4, -0.2) is 22.5 Å². The molecule has 2 aromatic heterocycles. The third kappa shape index (κ3) is 4.22. The van der Waals surface area contributed by atoms with Gasteiger partial charge >= 0.3 is 6.09 Å². The predicted octanol–water partition coefficient (Wildman–Crippen LogP) is 4.85. The summed E-state index contributed by atoms with van der Waals surface area (Å²) in [6.45, 7) is 5.43. The molecule has 0 aliphatic carbocycles. The number of aromatic nitrogens is 1. The Hall–Kier alpha value is -3.28. The topological polar surface area (TPSA) is 84.3 Å². The van der Waals surface area contributed by atoms with Gasteiger partial charge in [-0.1, -0.05) is 12.1 Å². The number of benzene rings is 1. The van der Waals surface area contributed by atoms with Crippen molar-refractivity contribution < 1.29 is 18.7 Å². The van der Waals surface area contributed by atoms with E-state index in [2.05, 4.69) is 10.3 Å². The summed E-state index contributed by atoms with van der Waals surface area (Å²) >= 11 is 0. The maximum absolute atomic E-state index is 12.3. The fourth-order valence-corrected chi connectivity index (χ4v) is 2.41. The SMILES string of the molecule is CC(C)(C)OC(=O)Nc1ccc(-c2cc(C(=O)c3ccoc3)c[nH]2)cc1. The van der Waals surface area contributed by atoms with Crippen LogP contribution < -0.4 is 5.32 Å². The number of aromatic amines is 1. The van der Waals surface area contributed by atoms with Crippen molar-refractivity contribution in [2.24, 2.45) is 0 Å². The molecule has 3 rings (SSSR count). The number of ether oxygens (including phenoxy) is 1. The van der Waals surface area contributed by atoms with Gasteiger partial charge in [0.15, 0.2) is 5.78 Å². The lowest BCUT2D eigenvalue weighted by Gasteiger charge is -2.19. The lowest BCUT2D eigenvalue weighted by molar-refractivity contribution is 0.0635. The number of ketones is 1. The van der Waals surface area contributed by atoms with Crippen molar-refractivity contribution >= 4 is 17.6 Å². The molecule has 0 aliphatic rings. The van der Waals surface area contributed by atoms with Crippen LogP contribution in [0.4, 0.5) is 10.5 Å². The summed E-state index contributed by atoms with van der Waals surface area (Å²) in [6.07, 6.45) is 4.05. The Balaban J connectivity index is 1.69. The van der Waals surface area contributed by atoms with Gasteiger partial charge in [-0.25, -0.2) is 4.79 Å². The van der Waals surface area contributed by atoms with Gasteiger partial charge in [0.1, 0.15) is 11.9 Å². The van der Waals surface area contributed by atoms with Crippen molar-refractivity contribution in [3.8, 4) is 11.3 Å². The third-order valence-electron chi connectivity index (χ3n) is 3.57. The smallest absolute Gasteiger partial charge is 0.412 e. The molecule has 0 atom stereocenters. The van der Waals surface area contributed by atoms with E-state index >= 15 is 0 Å². The van der Waals surface area contributed by atoms with Gasteiger partial charge in [0.2, 0.25) is 0 Å². The van der Waals surface area contributed by atoms with E-state index in [9.17, 15) is 9.59 Å². The Morgan fingerprint density at radius 1 is 1.08 bits per heavy atom. The quantitative estimate of drug-likeness (QED) is 0.657. The summed E-state index contributed by atoms with van der Waals surface area (Å²) in [5.41, 5.74) is 2.84. The average molecular weight is 352 g/mol. The van der Waals surface area contributed by atoms with Crippen molar-refractivity contribution in [2.45, 2.75) is 26.4 Å². The standard InChI is InChI=1S/C20H20N2O4/c1-20(2,3)26-19(24)22-16-6-4-13(5-7-16)17-10-15(11-21-17)18(23)14-8-9-25-12-14/h4-12,21H,1-3H3,(H,22,24). The zero-order valence-corrected chi connectivity index (χ0v) is 14.8. The van der Waals surface area contributed by atoms with Gasteiger partial charge < -0.3 is 14.1 Å². The molecule has 0 spiro atoms. The molecule has 3 aromatic rings. The monoisotopic (exact) mass is 352 g/mol. The summed E-state index contributed by atoms with van der Waals surface area (Å²) in [5, 5.41) is 2.68. The number of amides is 1.